The second-order valence-electron chi connectivity index (χ2n) is 4.54. The van der Waals surface area contributed by atoms with E-state index in [-0.39, 0.29) is 23.5 Å². The quantitative estimate of drug-likeness (QED) is 0.785. The molecule has 1 aromatic rings. The fourth-order valence-electron chi connectivity index (χ4n) is 2.06. The molecule has 1 amide bonds. The molecule has 1 aliphatic heterocycles. The van der Waals surface area contributed by atoms with Crippen LogP contribution in [0.25, 0.3) is 0 Å². The lowest BCUT2D eigenvalue weighted by Gasteiger charge is -2.23. The first-order valence-corrected chi connectivity index (χ1v) is 7.63. The van der Waals surface area contributed by atoms with E-state index in [9.17, 15) is 13.2 Å². The maximum absolute atomic E-state index is 11.9. The molecule has 2 heterocycles. The molecule has 0 bridgehead atoms. The maximum Gasteiger partial charge on any atom is 0.222 e. The Labute approximate surface area is 106 Å². The monoisotopic (exact) mass is 272 g/mol. The Kier molecular flexibility index (Phi) is 3.70. The average Bonchev–Trinajstić information content (AvgIpc) is 2.94. The zero-order chi connectivity index (χ0) is 13.2. The van der Waals surface area contributed by atoms with Crippen LogP contribution in [0.3, 0.4) is 0 Å². The zero-order valence-electron chi connectivity index (χ0n) is 10.2. The Bertz CT molecular complexity index is 509. The van der Waals surface area contributed by atoms with Gasteiger partial charge in [0.25, 0.3) is 0 Å². The van der Waals surface area contributed by atoms with Crippen molar-refractivity contribution in [2.75, 3.05) is 18.6 Å². The molecular formula is C11H16N2O4S. The lowest BCUT2D eigenvalue weighted by Crippen LogP contribution is -2.37. The summed E-state index contributed by atoms with van der Waals surface area (Å²) in [5.41, 5.74) is 0.732. The van der Waals surface area contributed by atoms with Gasteiger partial charge in [-0.3, -0.25) is 4.79 Å². The predicted molar refractivity (Wildman–Crippen MR) is 64.7 cm³/mol. The lowest BCUT2D eigenvalue weighted by molar-refractivity contribution is -0.131. The van der Waals surface area contributed by atoms with Crippen molar-refractivity contribution in [3.05, 3.63) is 18.4 Å². The van der Waals surface area contributed by atoms with Gasteiger partial charge in [0, 0.05) is 25.9 Å². The molecule has 1 aromatic heterocycles. The van der Waals surface area contributed by atoms with Crippen molar-refractivity contribution < 1.29 is 17.6 Å². The standard InChI is InChI=1S/C11H16N2O4S/c1-13(10-4-5-18(15,16)7-10)11(14)3-2-9-6-17-8-12-9/h6,8,10H,2-5,7H2,1H3. The number of sulfone groups is 1. The molecule has 18 heavy (non-hydrogen) atoms. The molecule has 100 valence electrons. The van der Waals surface area contributed by atoms with Gasteiger partial charge in [0.1, 0.15) is 6.26 Å². The van der Waals surface area contributed by atoms with E-state index in [0.717, 1.165) is 5.69 Å². The highest BCUT2D eigenvalue weighted by Gasteiger charge is 2.32. The van der Waals surface area contributed by atoms with Crippen molar-refractivity contribution >= 4 is 15.7 Å². The third-order valence-corrected chi connectivity index (χ3v) is 4.98. The summed E-state index contributed by atoms with van der Waals surface area (Å²) in [6, 6.07) is -0.181. The molecule has 0 radical (unpaired) electrons. The molecule has 6 nitrogen and oxygen atoms in total. The Morgan fingerprint density at radius 1 is 1.61 bits per heavy atom. The smallest absolute Gasteiger partial charge is 0.222 e. The number of amides is 1. The van der Waals surface area contributed by atoms with E-state index in [1.54, 1.807) is 11.9 Å². The topological polar surface area (TPSA) is 80.5 Å². The molecule has 0 saturated carbocycles. The molecule has 1 unspecified atom stereocenters. The van der Waals surface area contributed by atoms with Gasteiger partial charge in [0.2, 0.25) is 5.91 Å². The SMILES string of the molecule is CN(C(=O)CCc1cocn1)C1CCS(=O)(=O)C1. The van der Waals surface area contributed by atoms with Gasteiger partial charge < -0.3 is 9.32 Å². The molecule has 1 saturated heterocycles. The summed E-state index contributed by atoms with van der Waals surface area (Å²) >= 11 is 0. The zero-order valence-corrected chi connectivity index (χ0v) is 11.0. The van der Waals surface area contributed by atoms with Crippen LogP contribution in [0.5, 0.6) is 0 Å². The summed E-state index contributed by atoms with van der Waals surface area (Å²) < 4.78 is 27.5. The lowest BCUT2D eigenvalue weighted by atomic mass is 10.2. The highest BCUT2D eigenvalue weighted by molar-refractivity contribution is 7.91. The second kappa shape index (κ2) is 5.09. The van der Waals surface area contributed by atoms with Gasteiger partial charge in [-0.1, -0.05) is 0 Å². The molecule has 1 atom stereocenters. The largest absolute Gasteiger partial charge is 0.451 e. The highest BCUT2D eigenvalue weighted by atomic mass is 32.2. The first kappa shape index (κ1) is 13.1. The Morgan fingerprint density at radius 2 is 2.39 bits per heavy atom. The Balaban J connectivity index is 1.85. The van der Waals surface area contributed by atoms with E-state index in [0.29, 0.717) is 19.3 Å². The second-order valence-corrected chi connectivity index (χ2v) is 6.77. The Hall–Kier alpha value is -1.37. The van der Waals surface area contributed by atoms with E-state index in [1.165, 1.54) is 12.7 Å². The van der Waals surface area contributed by atoms with E-state index in [1.807, 2.05) is 0 Å². The van der Waals surface area contributed by atoms with Gasteiger partial charge >= 0.3 is 0 Å². The van der Waals surface area contributed by atoms with Gasteiger partial charge in [-0.05, 0) is 6.42 Å². The van der Waals surface area contributed by atoms with Gasteiger partial charge in [0.05, 0.1) is 17.2 Å². The molecule has 7 heteroatoms. The molecular weight excluding hydrogens is 256 g/mol. The molecule has 0 aliphatic carbocycles. The third kappa shape index (κ3) is 3.10. The number of aromatic nitrogens is 1. The van der Waals surface area contributed by atoms with Crippen molar-refractivity contribution in [1.29, 1.82) is 0 Å². The summed E-state index contributed by atoms with van der Waals surface area (Å²) in [5.74, 6) is 0.206. The minimum atomic E-state index is -2.95. The van der Waals surface area contributed by atoms with Crippen LogP contribution in [0.1, 0.15) is 18.5 Å². The van der Waals surface area contributed by atoms with Crippen LogP contribution >= 0.6 is 0 Å². The summed E-state index contributed by atoms with van der Waals surface area (Å²) in [6.07, 6.45) is 4.20. The molecule has 1 aliphatic rings. The Morgan fingerprint density at radius 3 is 2.94 bits per heavy atom. The van der Waals surface area contributed by atoms with Crippen LogP contribution < -0.4 is 0 Å². The molecule has 2 rings (SSSR count). The van der Waals surface area contributed by atoms with E-state index >= 15 is 0 Å². The van der Waals surface area contributed by atoms with Crippen molar-refractivity contribution in [2.24, 2.45) is 0 Å². The van der Waals surface area contributed by atoms with Crippen molar-refractivity contribution in [1.82, 2.24) is 9.88 Å². The maximum atomic E-state index is 11.9. The number of hydrogen-bond donors (Lipinski definition) is 0. The number of nitrogens with zero attached hydrogens (tertiary/aromatic N) is 2. The summed E-state index contributed by atoms with van der Waals surface area (Å²) in [7, 11) is -1.29. The van der Waals surface area contributed by atoms with Crippen LogP contribution in [0.2, 0.25) is 0 Å². The normalized spacial score (nSPS) is 21.9. The third-order valence-electron chi connectivity index (χ3n) is 3.23. The van der Waals surface area contributed by atoms with Gasteiger partial charge in [-0.25, -0.2) is 13.4 Å². The van der Waals surface area contributed by atoms with Crippen molar-refractivity contribution in [3.63, 3.8) is 0 Å². The average molecular weight is 272 g/mol. The van der Waals surface area contributed by atoms with Gasteiger partial charge in [-0.2, -0.15) is 0 Å². The van der Waals surface area contributed by atoms with E-state index in [2.05, 4.69) is 4.98 Å². The van der Waals surface area contributed by atoms with E-state index < -0.39 is 9.84 Å². The van der Waals surface area contributed by atoms with Crippen LogP contribution in [-0.4, -0.2) is 48.8 Å². The van der Waals surface area contributed by atoms with Crippen LogP contribution in [0.4, 0.5) is 0 Å². The van der Waals surface area contributed by atoms with Crippen LogP contribution in [-0.2, 0) is 21.1 Å². The fourth-order valence-corrected chi connectivity index (χ4v) is 3.83. The molecule has 0 spiro atoms. The van der Waals surface area contributed by atoms with Crippen LogP contribution in [0, 0.1) is 0 Å². The van der Waals surface area contributed by atoms with E-state index in [4.69, 9.17) is 4.42 Å². The minimum Gasteiger partial charge on any atom is -0.451 e. The number of hydrogen-bond acceptors (Lipinski definition) is 5. The minimum absolute atomic E-state index is 0.0555. The first-order valence-electron chi connectivity index (χ1n) is 5.81. The highest BCUT2D eigenvalue weighted by Crippen LogP contribution is 2.17. The van der Waals surface area contributed by atoms with Gasteiger partial charge in [0.15, 0.2) is 16.2 Å². The number of carbonyl (C=O) groups is 1. The summed E-state index contributed by atoms with van der Waals surface area (Å²) in [6.45, 7) is 0. The van der Waals surface area contributed by atoms with Crippen LogP contribution in [0.15, 0.2) is 17.1 Å². The molecule has 0 aromatic carbocycles. The molecule has 0 N–H and O–H groups in total. The number of carbonyl (C=O) groups excluding carboxylic acids is 1. The number of aryl methyl sites for hydroxylation is 1. The summed E-state index contributed by atoms with van der Waals surface area (Å²) in [5, 5.41) is 0. The van der Waals surface area contributed by atoms with Crippen molar-refractivity contribution in [3.8, 4) is 0 Å². The summed E-state index contributed by atoms with van der Waals surface area (Å²) in [4.78, 5) is 17.4. The molecule has 1 fully saturated rings. The van der Waals surface area contributed by atoms with Crippen molar-refractivity contribution in [2.45, 2.75) is 25.3 Å². The predicted octanol–water partition coefficient (Wildman–Crippen LogP) is 0.253. The number of oxazole rings is 1. The van der Waals surface area contributed by atoms with Gasteiger partial charge in [-0.15, -0.1) is 0 Å². The first-order chi connectivity index (χ1) is 8.48. The number of rotatable bonds is 4. The fraction of sp³-hybridized carbons (Fsp3) is 0.636.